The average Bonchev–Trinajstić information content (AvgIpc) is 3.71. The fraction of sp³-hybridized carbons (Fsp3) is 0.0154. The summed E-state index contributed by atoms with van der Waals surface area (Å²) in [6.45, 7) is 0. The molecule has 0 aromatic heterocycles. The zero-order chi connectivity index (χ0) is 43.9. The third-order valence-electron chi connectivity index (χ3n) is 13.6. The van der Waals surface area contributed by atoms with Gasteiger partial charge in [-0.05, 0) is 108 Å². The molecular formula is C65H45N. The summed E-state index contributed by atoms with van der Waals surface area (Å²) in [7, 11) is 0. The van der Waals surface area contributed by atoms with Gasteiger partial charge in [-0.3, -0.25) is 0 Å². The van der Waals surface area contributed by atoms with Gasteiger partial charge >= 0.3 is 0 Å². The standard InChI is InChI=1S/C65H45N/c1-4-21-46(22-5-1)54-32-12-13-33-56(54)48-41-43-53(44-42-48)66(62-39-17-15-34-58(62)50-26-18-25-49(45-50)57-36-19-24-47-23-10-11-31-55(47)57)63-40-20-38-61-64(63)59-35-14-16-37-60(59)65(61,51-27-6-2-7-28-51)52-29-8-3-9-30-52/h1-45H. The molecule has 1 aliphatic carbocycles. The molecule has 1 heteroatoms. The lowest BCUT2D eigenvalue weighted by Crippen LogP contribution is -2.28. The van der Waals surface area contributed by atoms with Gasteiger partial charge in [0, 0.05) is 16.8 Å². The number of rotatable bonds is 9. The highest BCUT2D eigenvalue weighted by Crippen LogP contribution is 2.60. The Morgan fingerprint density at radius 3 is 1.44 bits per heavy atom. The molecular weight excluding hydrogens is 795 g/mol. The summed E-state index contributed by atoms with van der Waals surface area (Å²) in [5.74, 6) is 0. The number of hydrogen-bond donors (Lipinski definition) is 0. The van der Waals surface area contributed by atoms with Crippen LogP contribution in [0.4, 0.5) is 17.1 Å². The quantitative estimate of drug-likeness (QED) is 0.140. The molecule has 0 N–H and O–H groups in total. The Bertz CT molecular complexity index is 3470. The summed E-state index contributed by atoms with van der Waals surface area (Å²) >= 11 is 0. The number of nitrogens with zero attached hydrogens (tertiary/aromatic N) is 1. The molecule has 0 saturated carbocycles. The molecule has 310 valence electrons. The van der Waals surface area contributed by atoms with Gasteiger partial charge < -0.3 is 4.90 Å². The molecule has 1 aliphatic rings. The van der Waals surface area contributed by atoms with Crippen LogP contribution in [0.5, 0.6) is 0 Å². The maximum atomic E-state index is 2.51. The zero-order valence-corrected chi connectivity index (χ0v) is 36.4. The van der Waals surface area contributed by atoms with E-state index in [-0.39, 0.29) is 0 Å². The minimum Gasteiger partial charge on any atom is -0.309 e. The van der Waals surface area contributed by atoms with Crippen LogP contribution in [0.2, 0.25) is 0 Å². The van der Waals surface area contributed by atoms with Crippen molar-refractivity contribution in [2.24, 2.45) is 0 Å². The molecule has 11 aromatic rings. The van der Waals surface area contributed by atoms with E-state index in [1.165, 1.54) is 77.5 Å². The molecule has 0 radical (unpaired) electrons. The molecule has 0 amide bonds. The van der Waals surface area contributed by atoms with Gasteiger partial charge in [0.25, 0.3) is 0 Å². The van der Waals surface area contributed by atoms with Gasteiger partial charge in [-0.15, -0.1) is 0 Å². The molecule has 0 atom stereocenters. The second kappa shape index (κ2) is 16.6. The number of fused-ring (bicyclic) bond motifs is 4. The van der Waals surface area contributed by atoms with Crippen molar-refractivity contribution in [3.05, 3.63) is 295 Å². The van der Waals surface area contributed by atoms with E-state index in [0.717, 1.165) is 28.2 Å². The summed E-state index contributed by atoms with van der Waals surface area (Å²) in [6.07, 6.45) is 0. The monoisotopic (exact) mass is 839 g/mol. The van der Waals surface area contributed by atoms with Crippen molar-refractivity contribution < 1.29 is 0 Å². The van der Waals surface area contributed by atoms with E-state index < -0.39 is 5.41 Å². The van der Waals surface area contributed by atoms with Gasteiger partial charge in [0.15, 0.2) is 0 Å². The molecule has 0 bridgehead atoms. The highest BCUT2D eigenvalue weighted by Gasteiger charge is 2.47. The van der Waals surface area contributed by atoms with Gasteiger partial charge in [0.2, 0.25) is 0 Å². The molecule has 0 spiro atoms. The van der Waals surface area contributed by atoms with Crippen LogP contribution in [-0.2, 0) is 5.41 Å². The third-order valence-corrected chi connectivity index (χ3v) is 13.6. The SMILES string of the molecule is c1ccc(-c2ccccc2-c2ccc(N(c3ccccc3-c3cccc(-c4cccc5ccccc45)c3)c3cccc4c3-c3ccccc3C4(c3ccccc3)c3ccccc3)cc2)cc1. The number of para-hydroxylation sites is 1. The molecule has 12 rings (SSSR count). The maximum absolute atomic E-state index is 2.51. The highest BCUT2D eigenvalue weighted by molar-refractivity contribution is 6.01. The number of benzene rings is 11. The van der Waals surface area contributed by atoms with E-state index in [9.17, 15) is 0 Å². The molecule has 66 heavy (non-hydrogen) atoms. The van der Waals surface area contributed by atoms with E-state index in [1.54, 1.807) is 0 Å². The molecule has 1 nitrogen and oxygen atoms in total. The largest absolute Gasteiger partial charge is 0.309 e. The predicted octanol–water partition coefficient (Wildman–Crippen LogP) is 17.3. The van der Waals surface area contributed by atoms with Crippen molar-refractivity contribution in [1.82, 2.24) is 0 Å². The molecule has 0 aliphatic heterocycles. The van der Waals surface area contributed by atoms with E-state index >= 15 is 0 Å². The van der Waals surface area contributed by atoms with Crippen LogP contribution in [0.15, 0.2) is 273 Å². The van der Waals surface area contributed by atoms with Crippen molar-refractivity contribution in [3.63, 3.8) is 0 Å². The Labute approximate surface area is 387 Å². The van der Waals surface area contributed by atoms with Crippen LogP contribution < -0.4 is 4.90 Å². The number of hydrogen-bond acceptors (Lipinski definition) is 1. The van der Waals surface area contributed by atoms with Crippen molar-refractivity contribution in [2.45, 2.75) is 5.41 Å². The third kappa shape index (κ3) is 6.47. The number of anilines is 3. The Morgan fingerprint density at radius 1 is 0.273 bits per heavy atom. The van der Waals surface area contributed by atoms with Crippen LogP contribution in [-0.4, -0.2) is 0 Å². The lowest BCUT2D eigenvalue weighted by molar-refractivity contribution is 0.768. The van der Waals surface area contributed by atoms with Crippen LogP contribution in [0, 0.1) is 0 Å². The first kappa shape index (κ1) is 39.1. The smallest absolute Gasteiger partial charge is 0.0714 e. The topological polar surface area (TPSA) is 3.24 Å². The maximum Gasteiger partial charge on any atom is 0.0714 e. The van der Waals surface area contributed by atoms with Crippen LogP contribution in [0.25, 0.3) is 66.4 Å². The zero-order valence-electron chi connectivity index (χ0n) is 36.4. The molecule has 11 aromatic carbocycles. The van der Waals surface area contributed by atoms with Gasteiger partial charge in [0.1, 0.15) is 0 Å². The molecule has 0 saturated heterocycles. The van der Waals surface area contributed by atoms with Gasteiger partial charge in [-0.1, -0.05) is 243 Å². The van der Waals surface area contributed by atoms with Crippen molar-refractivity contribution in [1.29, 1.82) is 0 Å². The Balaban J connectivity index is 1.10. The first-order chi connectivity index (χ1) is 32.8. The summed E-state index contributed by atoms with van der Waals surface area (Å²) < 4.78 is 0. The first-order valence-electron chi connectivity index (χ1n) is 22.8. The minimum absolute atomic E-state index is 0.534. The minimum atomic E-state index is -0.534. The lowest BCUT2D eigenvalue weighted by Gasteiger charge is -2.34. The van der Waals surface area contributed by atoms with Gasteiger partial charge in [-0.2, -0.15) is 0 Å². The van der Waals surface area contributed by atoms with E-state index in [2.05, 4.69) is 278 Å². The van der Waals surface area contributed by atoms with Gasteiger partial charge in [0.05, 0.1) is 16.8 Å². The second-order valence-electron chi connectivity index (χ2n) is 17.1. The van der Waals surface area contributed by atoms with E-state index in [1.807, 2.05) is 0 Å². The molecule has 0 heterocycles. The normalized spacial score (nSPS) is 12.4. The van der Waals surface area contributed by atoms with Crippen LogP contribution >= 0.6 is 0 Å². The Kier molecular flexibility index (Phi) is 9.81. The molecule has 0 unspecified atom stereocenters. The predicted molar refractivity (Wildman–Crippen MR) is 278 cm³/mol. The van der Waals surface area contributed by atoms with Crippen LogP contribution in [0.3, 0.4) is 0 Å². The summed E-state index contributed by atoms with van der Waals surface area (Å²) in [5, 5.41) is 2.49. The Morgan fingerprint density at radius 2 is 0.727 bits per heavy atom. The average molecular weight is 840 g/mol. The Hall–Kier alpha value is -8.52. The van der Waals surface area contributed by atoms with Gasteiger partial charge in [-0.25, -0.2) is 0 Å². The van der Waals surface area contributed by atoms with Crippen molar-refractivity contribution in [3.8, 4) is 55.6 Å². The summed E-state index contributed by atoms with van der Waals surface area (Å²) in [5.41, 5.74) is 19.8. The van der Waals surface area contributed by atoms with E-state index in [0.29, 0.717) is 0 Å². The fourth-order valence-corrected chi connectivity index (χ4v) is 10.7. The summed E-state index contributed by atoms with van der Waals surface area (Å²) in [6, 6.07) is 100. The van der Waals surface area contributed by atoms with E-state index in [4.69, 9.17) is 0 Å². The van der Waals surface area contributed by atoms with Crippen molar-refractivity contribution in [2.75, 3.05) is 4.90 Å². The molecule has 0 fully saturated rings. The summed E-state index contributed by atoms with van der Waals surface area (Å²) in [4.78, 5) is 2.51. The first-order valence-corrected chi connectivity index (χ1v) is 22.8. The fourth-order valence-electron chi connectivity index (χ4n) is 10.7. The van der Waals surface area contributed by atoms with Crippen molar-refractivity contribution >= 4 is 27.8 Å². The highest BCUT2D eigenvalue weighted by atomic mass is 15.1. The second-order valence-corrected chi connectivity index (χ2v) is 17.1. The lowest BCUT2D eigenvalue weighted by atomic mass is 9.68. The van der Waals surface area contributed by atoms with Crippen LogP contribution in [0.1, 0.15) is 22.3 Å².